The molecule has 2 aliphatic rings. The predicted octanol–water partition coefficient (Wildman–Crippen LogP) is 1.76. The summed E-state index contributed by atoms with van der Waals surface area (Å²) in [6, 6.07) is 10.7. The number of ether oxygens (including phenoxy) is 1. The zero-order valence-electron chi connectivity index (χ0n) is 16.6. The maximum absolute atomic E-state index is 12.0. The van der Waals surface area contributed by atoms with E-state index in [1.807, 2.05) is 0 Å². The number of guanidine groups is 1. The van der Waals surface area contributed by atoms with E-state index in [4.69, 9.17) is 4.74 Å². The number of nitrogens with one attached hydrogen (secondary N) is 1. The van der Waals surface area contributed by atoms with Crippen LogP contribution in [0.4, 0.5) is 0 Å². The molecule has 0 aliphatic carbocycles. The third-order valence-electron chi connectivity index (χ3n) is 5.33. The van der Waals surface area contributed by atoms with Gasteiger partial charge in [-0.2, -0.15) is 0 Å². The number of nitrogens with zero attached hydrogens (tertiary/aromatic N) is 3. The van der Waals surface area contributed by atoms with Crippen molar-refractivity contribution in [2.24, 2.45) is 10.9 Å². The monoisotopic (exact) mass is 372 g/mol. The highest BCUT2D eigenvalue weighted by Crippen LogP contribution is 2.21. The first-order chi connectivity index (χ1) is 13.1. The van der Waals surface area contributed by atoms with E-state index < -0.39 is 0 Å². The summed E-state index contributed by atoms with van der Waals surface area (Å²) in [5.74, 6) is 1.48. The number of hydrogen-bond donors (Lipinski definition) is 1. The number of carbonyl (C=O) groups excluding carboxylic acids is 1. The Balaban J connectivity index is 1.59. The highest BCUT2D eigenvalue weighted by Gasteiger charge is 2.26. The fourth-order valence-electron chi connectivity index (χ4n) is 3.70. The molecular formula is C21H32N4O2. The van der Waals surface area contributed by atoms with Crippen molar-refractivity contribution in [2.75, 3.05) is 46.9 Å². The van der Waals surface area contributed by atoms with Crippen LogP contribution in [0.2, 0.25) is 0 Å². The number of likely N-dealkylation sites (tertiary alicyclic amines) is 1. The number of amides is 1. The fourth-order valence-corrected chi connectivity index (χ4v) is 3.70. The maximum atomic E-state index is 12.0. The van der Waals surface area contributed by atoms with Gasteiger partial charge < -0.3 is 19.9 Å². The summed E-state index contributed by atoms with van der Waals surface area (Å²) in [7, 11) is 3.53. The van der Waals surface area contributed by atoms with Gasteiger partial charge in [0.25, 0.3) is 0 Å². The molecule has 2 saturated heterocycles. The Labute approximate surface area is 162 Å². The van der Waals surface area contributed by atoms with E-state index in [9.17, 15) is 4.79 Å². The molecule has 0 saturated carbocycles. The van der Waals surface area contributed by atoms with Crippen molar-refractivity contribution in [3.05, 3.63) is 35.9 Å². The quantitative estimate of drug-likeness (QED) is 0.611. The second kappa shape index (κ2) is 9.74. The van der Waals surface area contributed by atoms with Crippen LogP contribution in [-0.4, -0.2) is 74.7 Å². The summed E-state index contributed by atoms with van der Waals surface area (Å²) in [6.07, 6.45) is 4.71. The summed E-state index contributed by atoms with van der Waals surface area (Å²) in [5.41, 5.74) is 1.39. The Morgan fingerprint density at radius 1 is 1.30 bits per heavy atom. The summed E-state index contributed by atoms with van der Waals surface area (Å²) >= 11 is 0. The smallest absolute Gasteiger partial charge is 0.243 e. The minimum atomic E-state index is 0.0199. The van der Waals surface area contributed by atoms with E-state index in [1.165, 1.54) is 5.56 Å². The van der Waals surface area contributed by atoms with Crippen molar-refractivity contribution >= 4 is 11.9 Å². The predicted molar refractivity (Wildman–Crippen MR) is 108 cm³/mol. The molecule has 1 aromatic rings. The second-order valence-electron chi connectivity index (χ2n) is 7.73. The van der Waals surface area contributed by atoms with Crippen LogP contribution in [0, 0.1) is 5.92 Å². The van der Waals surface area contributed by atoms with E-state index in [2.05, 4.69) is 45.5 Å². The Bertz CT molecular complexity index is 626. The van der Waals surface area contributed by atoms with Crippen LogP contribution in [0.3, 0.4) is 0 Å². The highest BCUT2D eigenvalue weighted by atomic mass is 16.5. The average Bonchev–Trinajstić information content (AvgIpc) is 3.34. The van der Waals surface area contributed by atoms with Crippen LogP contribution in [-0.2, 0) is 16.0 Å². The Kier molecular flexibility index (Phi) is 7.10. The Hall–Kier alpha value is -2.08. The number of carbonyl (C=O) groups is 1. The van der Waals surface area contributed by atoms with E-state index >= 15 is 0 Å². The summed E-state index contributed by atoms with van der Waals surface area (Å²) in [4.78, 5) is 20.5. The molecular weight excluding hydrogens is 340 g/mol. The molecule has 3 rings (SSSR count). The summed E-state index contributed by atoms with van der Waals surface area (Å²) < 4.78 is 5.72. The molecule has 2 atom stereocenters. The zero-order valence-corrected chi connectivity index (χ0v) is 16.6. The van der Waals surface area contributed by atoms with Gasteiger partial charge in [-0.25, -0.2) is 4.99 Å². The van der Waals surface area contributed by atoms with Gasteiger partial charge in [0.15, 0.2) is 5.96 Å². The molecule has 2 unspecified atom stereocenters. The van der Waals surface area contributed by atoms with Gasteiger partial charge in [-0.1, -0.05) is 30.3 Å². The lowest BCUT2D eigenvalue weighted by molar-refractivity contribution is -0.127. The lowest BCUT2D eigenvalue weighted by atomic mass is 9.99. The van der Waals surface area contributed by atoms with Crippen LogP contribution in [0.1, 0.15) is 24.8 Å². The standard InChI is InChI=1S/C21H32N4O2/c1-24(2)20(26)15-23-21(22-14-19-9-6-12-27-19)25-11-10-18(16-25)13-17-7-4-3-5-8-17/h3-5,7-8,18-19H,6,9-16H2,1-2H3,(H,22,23). The largest absolute Gasteiger partial charge is 0.376 e. The molecule has 6 nitrogen and oxygen atoms in total. The summed E-state index contributed by atoms with van der Waals surface area (Å²) in [6.45, 7) is 3.74. The van der Waals surface area contributed by atoms with Crippen molar-refractivity contribution < 1.29 is 9.53 Å². The van der Waals surface area contributed by atoms with Crippen LogP contribution in [0.5, 0.6) is 0 Å². The SMILES string of the molecule is CN(C)C(=O)CN=C(NCC1CCCO1)N1CCC(Cc2ccccc2)C1. The van der Waals surface area contributed by atoms with Gasteiger partial charge in [-0.05, 0) is 37.2 Å². The molecule has 1 aromatic carbocycles. The third kappa shape index (κ3) is 5.96. The molecule has 1 amide bonds. The fraction of sp³-hybridized carbons (Fsp3) is 0.619. The first kappa shape index (κ1) is 19.7. The molecule has 0 radical (unpaired) electrons. The molecule has 2 heterocycles. The molecule has 27 heavy (non-hydrogen) atoms. The topological polar surface area (TPSA) is 57.2 Å². The van der Waals surface area contributed by atoms with Crippen LogP contribution in [0.15, 0.2) is 35.3 Å². The van der Waals surface area contributed by atoms with E-state index in [-0.39, 0.29) is 18.6 Å². The van der Waals surface area contributed by atoms with Crippen LogP contribution < -0.4 is 5.32 Å². The van der Waals surface area contributed by atoms with Crippen LogP contribution >= 0.6 is 0 Å². The van der Waals surface area contributed by atoms with Gasteiger partial charge in [-0.15, -0.1) is 0 Å². The normalized spacial score (nSPS) is 22.9. The van der Waals surface area contributed by atoms with Gasteiger partial charge in [0.1, 0.15) is 6.54 Å². The molecule has 2 fully saturated rings. The lowest BCUT2D eigenvalue weighted by Gasteiger charge is -2.24. The first-order valence-electron chi connectivity index (χ1n) is 10.0. The van der Waals surface area contributed by atoms with Crippen molar-refractivity contribution in [1.29, 1.82) is 0 Å². The van der Waals surface area contributed by atoms with Crippen molar-refractivity contribution in [1.82, 2.24) is 15.1 Å². The summed E-state index contributed by atoms with van der Waals surface area (Å²) in [5, 5.41) is 3.46. The maximum Gasteiger partial charge on any atom is 0.243 e. The Morgan fingerprint density at radius 2 is 2.11 bits per heavy atom. The first-order valence-corrected chi connectivity index (χ1v) is 10.0. The van der Waals surface area contributed by atoms with Gasteiger partial charge in [0.2, 0.25) is 5.91 Å². The van der Waals surface area contributed by atoms with Crippen LogP contribution in [0.25, 0.3) is 0 Å². The highest BCUT2D eigenvalue weighted by molar-refractivity contribution is 5.85. The number of hydrogen-bond acceptors (Lipinski definition) is 3. The average molecular weight is 373 g/mol. The molecule has 2 aliphatic heterocycles. The lowest BCUT2D eigenvalue weighted by Crippen LogP contribution is -2.43. The van der Waals surface area contributed by atoms with E-state index in [0.29, 0.717) is 5.92 Å². The molecule has 0 aromatic heterocycles. The molecule has 1 N–H and O–H groups in total. The molecule has 6 heteroatoms. The second-order valence-corrected chi connectivity index (χ2v) is 7.73. The van der Waals surface area contributed by atoms with Crippen molar-refractivity contribution in [3.63, 3.8) is 0 Å². The van der Waals surface area contributed by atoms with Gasteiger partial charge >= 0.3 is 0 Å². The number of benzene rings is 1. The van der Waals surface area contributed by atoms with Crippen molar-refractivity contribution in [2.45, 2.75) is 31.8 Å². The molecule has 0 spiro atoms. The number of likely N-dealkylation sites (N-methyl/N-ethyl adjacent to an activating group) is 1. The van der Waals surface area contributed by atoms with Crippen molar-refractivity contribution in [3.8, 4) is 0 Å². The minimum Gasteiger partial charge on any atom is -0.376 e. The van der Waals surface area contributed by atoms with E-state index in [0.717, 1.165) is 57.9 Å². The zero-order chi connectivity index (χ0) is 19.1. The number of rotatable bonds is 6. The Morgan fingerprint density at radius 3 is 2.81 bits per heavy atom. The molecule has 0 bridgehead atoms. The van der Waals surface area contributed by atoms with Gasteiger partial charge in [-0.3, -0.25) is 4.79 Å². The third-order valence-corrected chi connectivity index (χ3v) is 5.33. The minimum absolute atomic E-state index is 0.0199. The van der Waals surface area contributed by atoms with Gasteiger partial charge in [0, 0.05) is 40.3 Å². The van der Waals surface area contributed by atoms with E-state index in [1.54, 1.807) is 19.0 Å². The van der Waals surface area contributed by atoms with Gasteiger partial charge in [0.05, 0.1) is 6.10 Å². The number of aliphatic imine (C=N–C) groups is 1. The molecule has 148 valence electrons.